The summed E-state index contributed by atoms with van der Waals surface area (Å²) in [6.07, 6.45) is 1.88. The third-order valence-corrected chi connectivity index (χ3v) is 1.87. The smallest absolute Gasteiger partial charge is 0.408 e. The number of rotatable bonds is 4. The topological polar surface area (TPSA) is 99.4 Å². The van der Waals surface area contributed by atoms with E-state index in [1.54, 1.807) is 20.8 Å². The van der Waals surface area contributed by atoms with E-state index in [2.05, 4.69) is 5.32 Å². The molecule has 0 heterocycles. The Labute approximate surface area is 106 Å². The summed E-state index contributed by atoms with van der Waals surface area (Å²) in [5, 5.41) is 19.7. The number of alkyl carbamates (subject to hydrolysis) is 1. The average molecular weight is 254 g/mol. The molecule has 0 saturated heterocycles. The van der Waals surface area contributed by atoms with Crippen molar-refractivity contribution in [2.75, 3.05) is 0 Å². The van der Waals surface area contributed by atoms with E-state index >= 15 is 0 Å². The minimum absolute atomic E-state index is 0.0683. The number of ether oxygens (including phenoxy) is 1. The van der Waals surface area contributed by atoms with Crippen molar-refractivity contribution in [2.24, 2.45) is 0 Å². The van der Waals surface area contributed by atoms with Crippen molar-refractivity contribution in [3.63, 3.8) is 0 Å². The quantitative estimate of drug-likeness (QED) is 0.745. The molecule has 0 aliphatic carbocycles. The molecule has 0 aromatic rings. The third-order valence-electron chi connectivity index (χ3n) is 1.87. The van der Waals surface area contributed by atoms with E-state index in [0.717, 1.165) is 0 Å². The Balaban J connectivity index is 4.78. The van der Waals surface area contributed by atoms with Crippen molar-refractivity contribution in [1.29, 1.82) is 5.26 Å². The molecule has 2 N–H and O–H groups in total. The highest BCUT2D eigenvalue weighted by Crippen LogP contribution is 2.11. The highest BCUT2D eigenvalue weighted by atomic mass is 16.6. The maximum atomic E-state index is 11.5. The molecular formula is C12H18N2O4. The van der Waals surface area contributed by atoms with Crippen molar-refractivity contribution < 1.29 is 19.4 Å². The number of nitrogens with zero attached hydrogens (tertiary/aromatic N) is 1. The van der Waals surface area contributed by atoms with Crippen LogP contribution in [0, 0.1) is 11.3 Å². The number of amides is 1. The van der Waals surface area contributed by atoms with Gasteiger partial charge in [0, 0.05) is 0 Å². The first-order valence-corrected chi connectivity index (χ1v) is 5.40. The molecule has 0 rings (SSSR count). The molecule has 6 heteroatoms. The molecule has 0 saturated carbocycles. The summed E-state index contributed by atoms with van der Waals surface area (Å²) in [5.41, 5.74) is -2.31. The number of nitriles is 1. The first-order valence-electron chi connectivity index (χ1n) is 5.40. The van der Waals surface area contributed by atoms with Crippen LogP contribution < -0.4 is 5.32 Å². The lowest BCUT2D eigenvalue weighted by molar-refractivity contribution is -0.142. The lowest BCUT2D eigenvalue weighted by Gasteiger charge is -2.26. The molecule has 0 aromatic carbocycles. The zero-order valence-electron chi connectivity index (χ0n) is 11.0. The molecule has 0 bridgehead atoms. The summed E-state index contributed by atoms with van der Waals surface area (Å²) in [6.45, 7) is 6.34. The molecule has 6 nitrogen and oxygen atoms in total. The van der Waals surface area contributed by atoms with Crippen LogP contribution in [0.15, 0.2) is 12.2 Å². The fourth-order valence-electron chi connectivity index (χ4n) is 1.03. The minimum Gasteiger partial charge on any atom is -0.479 e. The summed E-state index contributed by atoms with van der Waals surface area (Å²) >= 11 is 0. The van der Waals surface area contributed by atoms with Crippen LogP contribution in [0.25, 0.3) is 0 Å². The summed E-state index contributed by atoms with van der Waals surface area (Å²) in [7, 11) is 0. The third kappa shape index (κ3) is 5.89. The van der Waals surface area contributed by atoms with Crippen LogP contribution in [-0.4, -0.2) is 28.3 Å². The SMILES string of the molecule is CC(C)(C)OC(=O)N[C@@](C)(/C=C/CC#N)C(=O)O. The van der Waals surface area contributed by atoms with Gasteiger partial charge in [0.1, 0.15) is 5.60 Å². The van der Waals surface area contributed by atoms with E-state index < -0.39 is 23.2 Å². The maximum absolute atomic E-state index is 11.5. The average Bonchev–Trinajstić information content (AvgIpc) is 2.14. The highest BCUT2D eigenvalue weighted by Gasteiger charge is 2.33. The second kappa shape index (κ2) is 6.05. The van der Waals surface area contributed by atoms with Crippen molar-refractivity contribution in [1.82, 2.24) is 5.32 Å². The summed E-state index contributed by atoms with van der Waals surface area (Å²) in [5.74, 6) is -1.23. The Morgan fingerprint density at radius 2 is 1.94 bits per heavy atom. The second-order valence-electron chi connectivity index (χ2n) is 4.90. The monoisotopic (exact) mass is 254 g/mol. The first-order chi connectivity index (χ1) is 8.10. The summed E-state index contributed by atoms with van der Waals surface area (Å²) < 4.78 is 4.98. The normalized spacial score (nSPS) is 14.6. The standard InChI is InChI=1S/C12H18N2O4/c1-11(2,3)18-10(17)14-12(4,9(15)16)7-5-6-8-13/h5,7H,6H2,1-4H3,(H,14,17)(H,15,16)/b7-5+/t12-/m0/s1. The summed E-state index contributed by atoms with van der Waals surface area (Å²) in [4.78, 5) is 22.6. The van der Waals surface area contributed by atoms with Crippen molar-refractivity contribution in [2.45, 2.75) is 45.3 Å². The summed E-state index contributed by atoms with van der Waals surface area (Å²) in [6, 6.07) is 1.85. The van der Waals surface area contributed by atoms with Gasteiger partial charge in [-0.3, -0.25) is 0 Å². The van der Waals surface area contributed by atoms with E-state index in [9.17, 15) is 9.59 Å². The number of carboxylic acid groups (broad SMARTS) is 1. The van der Waals surface area contributed by atoms with Crippen molar-refractivity contribution >= 4 is 12.1 Å². The number of nitrogens with one attached hydrogen (secondary N) is 1. The van der Waals surface area contributed by atoms with E-state index in [4.69, 9.17) is 15.1 Å². The molecule has 0 aliphatic rings. The van der Waals surface area contributed by atoms with Gasteiger partial charge >= 0.3 is 12.1 Å². The van der Waals surface area contributed by atoms with Gasteiger partial charge in [0.2, 0.25) is 0 Å². The Kier molecular flexibility index (Phi) is 5.37. The number of carbonyl (C=O) groups excluding carboxylic acids is 1. The lowest BCUT2D eigenvalue weighted by atomic mass is 10.0. The molecule has 0 aromatic heterocycles. The van der Waals surface area contributed by atoms with E-state index in [1.807, 2.05) is 6.07 Å². The molecule has 0 fully saturated rings. The maximum Gasteiger partial charge on any atom is 0.408 e. The van der Waals surface area contributed by atoms with Crippen LogP contribution in [0.4, 0.5) is 4.79 Å². The predicted octanol–water partition coefficient (Wildman–Crippen LogP) is 1.82. The van der Waals surface area contributed by atoms with E-state index in [-0.39, 0.29) is 6.42 Å². The molecule has 0 aliphatic heterocycles. The predicted molar refractivity (Wildman–Crippen MR) is 64.8 cm³/mol. The van der Waals surface area contributed by atoms with Crippen LogP contribution in [0.2, 0.25) is 0 Å². The van der Waals surface area contributed by atoms with Crippen molar-refractivity contribution in [3.05, 3.63) is 12.2 Å². The fourth-order valence-corrected chi connectivity index (χ4v) is 1.03. The second-order valence-corrected chi connectivity index (χ2v) is 4.90. The van der Waals surface area contributed by atoms with Gasteiger partial charge in [-0.05, 0) is 27.7 Å². The Hall–Kier alpha value is -2.03. The van der Waals surface area contributed by atoms with Gasteiger partial charge in [-0.2, -0.15) is 5.26 Å². The Morgan fingerprint density at radius 1 is 1.39 bits per heavy atom. The zero-order chi connectivity index (χ0) is 14.4. The van der Waals surface area contributed by atoms with Crippen LogP contribution >= 0.6 is 0 Å². The van der Waals surface area contributed by atoms with E-state index in [1.165, 1.54) is 19.1 Å². The fraction of sp³-hybridized carbons (Fsp3) is 0.583. The van der Waals surface area contributed by atoms with Crippen molar-refractivity contribution in [3.8, 4) is 6.07 Å². The van der Waals surface area contributed by atoms with Gasteiger partial charge in [-0.25, -0.2) is 9.59 Å². The first kappa shape index (κ1) is 16.0. The number of carboxylic acids is 1. The lowest BCUT2D eigenvalue weighted by Crippen LogP contribution is -2.52. The van der Waals surface area contributed by atoms with Gasteiger partial charge in [-0.1, -0.05) is 12.2 Å². The van der Waals surface area contributed by atoms with Crippen LogP contribution in [0.5, 0.6) is 0 Å². The molecular weight excluding hydrogens is 236 g/mol. The minimum atomic E-state index is -1.60. The molecule has 0 radical (unpaired) electrons. The zero-order valence-corrected chi connectivity index (χ0v) is 11.0. The number of hydrogen-bond donors (Lipinski definition) is 2. The molecule has 100 valence electrons. The molecule has 0 unspecified atom stereocenters. The molecule has 1 atom stereocenters. The Morgan fingerprint density at radius 3 is 2.33 bits per heavy atom. The molecule has 1 amide bonds. The molecule has 0 spiro atoms. The van der Waals surface area contributed by atoms with Gasteiger partial charge in [0.15, 0.2) is 5.54 Å². The highest BCUT2D eigenvalue weighted by molar-refractivity contribution is 5.86. The number of allylic oxidation sites excluding steroid dienone is 1. The van der Waals surface area contributed by atoms with Gasteiger partial charge in [0.25, 0.3) is 0 Å². The van der Waals surface area contributed by atoms with E-state index in [0.29, 0.717) is 0 Å². The number of carbonyl (C=O) groups is 2. The Bertz CT molecular complexity index is 390. The number of aliphatic carboxylic acids is 1. The van der Waals surface area contributed by atoms with Crippen LogP contribution in [-0.2, 0) is 9.53 Å². The van der Waals surface area contributed by atoms with Gasteiger partial charge in [-0.15, -0.1) is 0 Å². The number of hydrogen-bond acceptors (Lipinski definition) is 4. The largest absolute Gasteiger partial charge is 0.479 e. The molecule has 18 heavy (non-hydrogen) atoms. The van der Waals surface area contributed by atoms with Gasteiger partial charge in [0.05, 0.1) is 12.5 Å². The van der Waals surface area contributed by atoms with Crippen LogP contribution in [0.1, 0.15) is 34.1 Å². The van der Waals surface area contributed by atoms with Gasteiger partial charge < -0.3 is 15.2 Å². The van der Waals surface area contributed by atoms with Crippen LogP contribution in [0.3, 0.4) is 0 Å².